The van der Waals surface area contributed by atoms with Crippen molar-refractivity contribution in [3.05, 3.63) is 23.3 Å². The second kappa shape index (κ2) is 4.52. The van der Waals surface area contributed by atoms with Gasteiger partial charge in [0.1, 0.15) is 16.9 Å². The van der Waals surface area contributed by atoms with E-state index in [1.807, 2.05) is 0 Å². The Morgan fingerprint density at radius 2 is 1.94 bits per heavy atom. The van der Waals surface area contributed by atoms with Crippen molar-refractivity contribution in [1.82, 2.24) is 0 Å². The second-order valence-corrected chi connectivity index (χ2v) is 2.99. The van der Waals surface area contributed by atoms with Crippen molar-refractivity contribution in [1.29, 1.82) is 0 Å². The van der Waals surface area contributed by atoms with E-state index in [2.05, 4.69) is 4.74 Å². The van der Waals surface area contributed by atoms with E-state index in [0.29, 0.717) is 0 Å². The van der Waals surface area contributed by atoms with Gasteiger partial charge in [-0.15, -0.1) is 0 Å². The quantitative estimate of drug-likeness (QED) is 0.399. The Kier molecular flexibility index (Phi) is 3.34. The highest BCUT2D eigenvalue weighted by Crippen LogP contribution is 2.26. The number of ether oxygens (including phenoxy) is 1. The number of nitrogen functional groups attached to an aromatic ring is 1. The predicted molar refractivity (Wildman–Crippen MR) is 55.4 cm³/mol. The number of rotatable bonds is 3. The third-order valence-electron chi connectivity index (χ3n) is 1.86. The molecule has 0 amide bonds. The summed E-state index contributed by atoms with van der Waals surface area (Å²) in [6.45, 7) is 1.72. The number of carboxylic acid groups (broad SMARTS) is 1. The van der Waals surface area contributed by atoms with Crippen LogP contribution in [0.5, 0.6) is 5.75 Å². The van der Waals surface area contributed by atoms with Crippen LogP contribution in [0.2, 0.25) is 0 Å². The number of carbonyl (C=O) groups excluding carboxylic acids is 1. The minimum Gasteiger partial charge on any atom is -0.506 e. The van der Waals surface area contributed by atoms with E-state index in [-0.39, 0.29) is 17.9 Å². The lowest BCUT2D eigenvalue weighted by atomic mass is 10.1. The van der Waals surface area contributed by atoms with E-state index >= 15 is 0 Å². The molecule has 0 saturated heterocycles. The molecule has 0 aliphatic heterocycles. The molecule has 0 atom stereocenters. The summed E-state index contributed by atoms with van der Waals surface area (Å²) in [5, 5.41) is 18.3. The number of hydrogen-bond donors (Lipinski definition) is 3. The Balaban J connectivity index is 3.29. The van der Waals surface area contributed by atoms with Crippen LogP contribution in [0, 0.1) is 0 Å². The van der Waals surface area contributed by atoms with Crippen LogP contribution in [0.4, 0.5) is 5.69 Å². The number of aromatic hydroxyl groups is 1. The third-order valence-corrected chi connectivity index (χ3v) is 1.86. The normalized spacial score (nSPS) is 9.81. The SMILES string of the molecule is CCOC(=O)c1cc(N)cc(C(=O)O)c1O. The fourth-order valence-electron chi connectivity index (χ4n) is 1.18. The number of phenols is 1. The minimum atomic E-state index is -1.37. The van der Waals surface area contributed by atoms with Gasteiger partial charge in [0, 0.05) is 5.69 Å². The van der Waals surface area contributed by atoms with Crippen LogP contribution < -0.4 is 5.73 Å². The molecule has 1 aromatic rings. The van der Waals surface area contributed by atoms with Gasteiger partial charge < -0.3 is 20.7 Å². The van der Waals surface area contributed by atoms with Crippen molar-refractivity contribution < 1.29 is 24.5 Å². The van der Waals surface area contributed by atoms with Crippen molar-refractivity contribution >= 4 is 17.6 Å². The van der Waals surface area contributed by atoms with Crippen molar-refractivity contribution in [3.8, 4) is 5.75 Å². The number of carboxylic acids is 1. The van der Waals surface area contributed by atoms with Gasteiger partial charge in [-0.25, -0.2) is 9.59 Å². The molecule has 86 valence electrons. The van der Waals surface area contributed by atoms with E-state index in [1.165, 1.54) is 6.07 Å². The third kappa shape index (κ3) is 2.22. The lowest BCUT2D eigenvalue weighted by molar-refractivity contribution is 0.0523. The van der Waals surface area contributed by atoms with Crippen LogP contribution in [0.3, 0.4) is 0 Å². The van der Waals surface area contributed by atoms with Crippen LogP contribution in [-0.4, -0.2) is 28.8 Å². The summed E-state index contributed by atoms with van der Waals surface area (Å²) >= 11 is 0. The first-order chi connectivity index (χ1) is 7.47. The number of carbonyl (C=O) groups is 2. The maximum absolute atomic E-state index is 11.4. The monoisotopic (exact) mass is 225 g/mol. The summed E-state index contributed by atoms with van der Waals surface area (Å²) in [7, 11) is 0. The summed E-state index contributed by atoms with van der Waals surface area (Å²) in [4.78, 5) is 22.1. The fraction of sp³-hybridized carbons (Fsp3) is 0.200. The summed E-state index contributed by atoms with van der Waals surface area (Å²) in [5.74, 6) is -2.81. The van der Waals surface area contributed by atoms with Crippen molar-refractivity contribution in [2.45, 2.75) is 6.92 Å². The Morgan fingerprint density at radius 3 is 2.44 bits per heavy atom. The lowest BCUT2D eigenvalue weighted by Crippen LogP contribution is -2.09. The molecule has 0 aliphatic carbocycles. The topological polar surface area (TPSA) is 110 Å². The second-order valence-electron chi connectivity index (χ2n) is 2.99. The average Bonchev–Trinajstić information content (AvgIpc) is 2.20. The number of hydrogen-bond acceptors (Lipinski definition) is 5. The average molecular weight is 225 g/mol. The lowest BCUT2D eigenvalue weighted by Gasteiger charge is -2.07. The van der Waals surface area contributed by atoms with Gasteiger partial charge in [-0.1, -0.05) is 0 Å². The van der Waals surface area contributed by atoms with Crippen LogP contribution >= 0.6 is 0 Å². The number of esters is 1. The Bertz CT molecular complexity index is 441. The Hall–Kier alpha value is -2.24. The Morgan fingerprint density at radius 1 is 1.38 bits per heavy atom. The number of benzene rings is 1. The molecule has 0 radical (unpaired) electrons. The zero-order valence-corrected chi connectivity index (χ0v) is 8.56. The van der Waals surface area contributed by atoms with Gasteiger partial charge in [0.25, 0.3) is 0 Å². The molecule has 0 aromatic heterocycles. The Labute approximate surface area is 91.3 Å². The van der Waals surface area contributed by atoms with Crippen LogP contribution in [0.15, 0.2) is 12.1 Å². The standard InChI is InChI=1S/C10H11NO5/c1-2-16-10(15)7-4-5(11)3-6(8(7)12)9(13)14/h3-4,12H,2,11H2,1H3,(H,13,14). The van der Waals surface area contributed by atoms with E-state index in [1.54, 1.807) is 6.92 Å². The zero-order chi connectivity index (χ0) is 12.3. The van der Waals surface area contributed by atoms with E-state index in [0.717, 1.165) is 6.07 Å². The van der Waals surface area contributed by atoms with Crippen LogP contribution in [0.1, 0.15) is 27.6 Å². The first kappa shape index (κ1) is 11.8. The molecule has 0 saturated carbocycles. The highest BCUT2D eigenvalue weighted by atomic mass is 16.5. The molecule has 0 spiro atoms. The van der Waals surface area contributed by atoms with E-state index in [9.17, 15) is 14.7 Å². The zero-order valence-electron chi connectivity index (χ0n) is 8.56. The molecule has 0 heterocycles. The molecule has 0 fully saturated rings. The fourth-order valence-corrected chi connectivity index (χ4v) is 1.18. The molecule has 4 N–H and O–H groups in total. The molecule has 16 heavy (non-hydrogen) atoms. The maximum atomic E-state index is 11.4. The van der Waals surface area contributed by atoms with Gasteiger partial charge in [0.05, 0.1) is 6.61 Å². The molecular formula is C10H11NO5. The predicted octanol–water partition coefficient (Wildman–Crippen LogP) is 0.849. The smallest absolute Gasteiger partial charge is 0.342 e. The molecule has 0 unspecified atom stereocenters. The largest absolute Gasteiger partial charge is 0.506 e. The van der Waals surface area contributed by atoms with Gasteiger partial charge in [0.2, 0.25) is 0 Å². The minimum absolute atomic E-state index is 0.0678. The van der Waals surface area contributed by atoms with Gasteiger partial charge in [-0.3, -0.25) is 0 Å². The number of nitrogens with two attached hydrogens (primary N) is 1. The van der Waals surface area contributed by atoms with Crippen LogP contribution in [-0.2, 0) is 4.74 Å². The molecule has 6 heteroatoms. The summed E-state index contributed by atoms with van der Waals surface area (Å²) < 4.78 is 4.65. The number of aromatic carboxylic acids is 1. The van der Waals surface area contributed by atoms with Gasteiger partial charge in [0.15, 0.2) is 0 Å². The first-order valence-electron chi connectivity index (χ1n) is 4.50. The summed E-state index contributed by atoms with van der Waals surface area (Å²) in [6.07, 6.45) is 0. The molecule has 1 rings (SSSR count). The first-order valence-corrected chi connectivity index (χ1v) is 4.50. The maximum Gasteiger partial charge on any atom is 0.342 e. The highest BCUT2D eigenvalue weighted by molar-refractivity contribution is 6.00. The summed E-state index contributed by atoms with van der Waals surface area (Å²) in [6, 6.07) is 2.24. The van der Waals surface area contributed by atoms with Crippen LogP contribution in [0.25, 0.3) is 0 Å². The molecule has 0 aliphatic rings. The van der Waals surface area contributed by atoms with Crippen molar-refractivity contribution in [2.24, 2.45) is 0 Å². The van der Waals surface area contributed by atoms with E-state index < -0.39 is 23.3 Å². The number of anilines is 1. The van der Waals surface area contributed by atoms with Gasteiger partial charge in [-0.05, 0) is 19.1 Å². The van der Waals surface area contributed by atoms with Crippen molar-refractivity contribution in [2.75, 3.05) is 12.3 Å². The molecule has 1 aromatic carbocycles. The van der Waals surface area contributed by atoms with Crippen molar-refractivity contribution in [3.63, 3.8) is 0 Å². The van der Waals surface area contributed by atoms with Gasteiger partial charge in [-0.2, -0.15) is 0 Å². The molecule has 0 bridgehead atoms. The van der Waals surface area contributed by atoms with Gasteiger partial charge >= 0.3 is 11.9 Å². The molecular weight excluding hydrogens is 214 g/mol. The molecule has 6 nitrogen and oxygen atoms in total. The summed E-state index contributed by atoms with van der Waals surface area (Å²) in [5.41, 5.74) is 4.81. The van der Waals surface area contributed by atoms with E-state index in [4.69, 9.17) is 10.8 Å². The highest BCUT2D eigenvalue weighted by Gasteiger charge is 2.20.